The van der Waals surface area contributed by atoms with Gasteiger partial charge in [0.2, 0.25) is 0 Å². The zero-order valence-electron chi connectivity index (χ0n) is 10.4. The number of amides is 1. The van der Waals surface area contributed by atoms with E-state index in [1.165, 1.54) is 0 Å². The molecule has 2 rings (SSSR count). The van der Waals surface area contributed by atoms with Crippen molar-refractivity contribution in [1.82, 2.24) is 20.4 Å². The summed E-state index contributed by atoms with van der Waals surface area (Å²) in [5.74, 6) is 0.0617. The Bertz CT molecular complexity index is 355. The van der Waals surface area contributed by atoms with Gasteiger partial charge in [0.15, 0.2) is 0 Å². The second-order valence-corrected chi connectivity index (χ2v) is 4.70. The molecule has 1 amide bonds. The van der Waals surface area contributed by atoms with E-state index in [0.717, 1.165) is 25.7 Å². The SMILES string of the molecule is CNC1CCC(N(C)C(=O)c2cn[nH]c2)CC1. The monoisotopic (exact) mass is 236 g/mol. The van der Waals surface area contributed by atoms with Crippen molar-refractivity contribution in [2.45, 2.75) is 37.8 Å². The second kappa shape index (κ2) is 5.31. The Balaban J connectivity index is 1.92. The first-order valence-corrected chi connectivity index (χ1v) is 6.15. The van der Waals surface area contributed by atoms with Gasteiger partial charge < -0.3 is 10.2 Å². The van der Waals surface area contributed by atoms with Gasteiger partial charge in [-0.1, -0.05) is 0 Å². The molecule has 0 unspecified atom stereocenters. The highest BCUT2D eigenvalue weighted by molar-refractivity contribution is 5.93. The summed E-state index contributed by atoms with van der Waals surface area (Å²) >= 11 is 0. The molecule has 1 saturated carbocycles. The van der Waals surface area contributed by atoms with Gasteiger partial charge in [0, 0.05) is 25.3 Å². The fraction of sp³-hybridized carbons (Fsp3) is 0.667. The van der Waals surface area contributed by atoms with Gasteiger partial charge in [-0.15, -0.1) is 0 Å². The third-order valence-electron chi connectivity index (χ3n) is 3.72. The molecule has 1 aromatic rings. The molecule has 0 spiro atoms. The van der Waals surface area contributed by atoms with Crippen LogP contribution in [0.2, 0.25) is 0 Å². The summed E-state index contributed by atoms with van der Waals surface area (Å²) in [5.41, 5.74) is 0.642. The summed E-state index contributed by atoms with van der Waals surface area (Å²) in [7, 11) is 3.89. The number of rotatable bonds is 3. The first-order chi connectivity index (χ1) is 8.22. The predicted molar refractivity (Wildman–Crippen MR) is 65.8 cm³/mol. The van der Waals surface area contributed by atoms with Crippen molar-refractivity contribution in [1.29, 1.82) is 0 Å². The maximum atomic E-state index is 12.1. The molecule has 0 saturated heterocycles. The fourth-order valence-electron chi connectivity index (χ4n) is 2.49. The van der Waals surface area contributed by atoms with Gasteiger partial charge in [-0.3, -0.25) is 9.89 Å². The van der Waals surface area contributed by atoms with Gasteiger partial charge in [-0.25, -0.2) is 0 Å². The normalized spacial score (nSPS) is 24.6. The standard InChI is InChI=1S/C12H20N4O/c1-13-10-3-5-11(6-4-10)16(2)12(17)9-7-14-15-8-9/h7-8,10-11,13H,3-6H2,1-2H3,(H,14,15). The van der Waals surface area contributed by atoms with E-state index < -0.39 is 0 Å². The van der Waals surface area contributed by atoms with Crippen LogP contribution in [0.5, 0.6) is 0 Å². The molecule has 0 bridgehead atoms. The molecule has 2 N–H and O–H groups in total. The van der Waals surface area contributed by atoms with Crippen LogP contribution in [0, 0.1) is 0 Å². The lowest BCUT2D eigenvalue weighted by Gasteiger charge is -2.34. The summed E-state index contributed by atoms with van der Waals surface area (Å²) in [6.07, 6.45) is 7.67. The molecule has 1 aliphatic rings. The van der Waals surface area contributed by atoms with Crippen LogP contribution in [0.25, 0.3) is 0 Å². The first kappa shape index (κ1) is 12.1. The Morgan fingerprint density at radius 1 is 1.47 bits per heavy atom. The number of nitrogens with zero attached hydrogens (tertiary/aromatic N) is 2. The van der Waals surface area contributed by atoms with Crippen LogP contribution >= 0.6 is 0 Å². The van der Waals surface area contributed by atoms with E-state index in [0.29, 0.717) is 17.6 Å². The minimum Gasteiger partial charge on any atom is -0.339 e. The van der Waals surface area contributed by atoms with Gasteiger partial charge >= 0.3 is 0 Å². The number of hydrogen-bond acceptors (Lipinski definition) is 3. The number of nitrogens with one attached hydrogen (secondary N) is 2. The van der Waals surface area contributed by atoms with Crippen molar-refractivity contribution in [3.05, 3.63) is 18.0 Å². The van der Waals surface area contributed by atoms with E-state index in [2.05, 4.69) is 15.5 Å². The third kappa shape index (κ3) is 2.66. The van der Waals surface area contributed by atoms with Crippen LogP contribution in [0.1, 0.15) is 36.0 Å². The van der Waals surface area contributed by atoms with E-state index in [1.54, 1.807) is 12.4 Å². The molecule has 5 nitrogen and oxygen atoms in total. The number of hydrogen-bond donors (Lipinski definition) is 2. The maximum absolute atomic E-state index is 12.1. The van der Waals surface area contributed by atoms with Gasteiger partial charge in [-0.05, 0) is 32.7 Å². The molecule has 1 aromatic heterocycles. The van der Waals surface area contributed by atoms with Crippen molar-refractivity contribution >= 4 is 5.91 Å². The molecule has 94 valence electrons. The average Bonchev–Trinajstić information content (AvgIpc) is 2.91. The van der Waals surface area contributed by atoms with E-state index in [9.17, 15) is 4.79 Å². The van der Waals surface area contributed by atoms with Crippen molar-refractivity contribution in [2.24, 2.45) is 0 Å². The number of carbonyl (C=O) groups excluding carboxylic acids is 1. The zero-order chi connectivity index (χ0) is 12.3. The lowest BCUT2D eigenvalue weighted by molar-refractivity contribution is 0.0686. The number of H-pyrrole nitrogens is 1. The van der Waals surface area contributed by atoms with Gasteiger partial charge in [-0.2, -0.15) is 5.10 Å². The molecule has 1 fully saturated rings. The first-order valence-electron chi connectivity index (χ1n) is 6.15. The predicted octanol–water partition coefficient (Wildman–Crippen LogP) is 1.01. The van der Waals surface area contributed by atoms with E-state index >= 15 is 0 Å². The Morgan fingerprint density at radius 2 is 2.18 bits per heavy atom. The largest absolute Gasteiger partial charge is 0.339 e. The summed E-state index contributed by atoms with van der Waals surface area (Å²) < 4.78 is 0. The zero-order valence-corrected chi connectivity index (χ0v) is 10.4. The lowest BCUT2D eigenvalue weighted by atomic mass is 9.90. The van der Waals surface area contributed by atoms with Crippen molar-refractivity contribution in [3.8, 4) is 0 Å². The fourth-order valence-corrected chi connectivity index (χ4v) is 2.49. The summed E-state index contributed by atoms with van der Waals surface area (Å²) in [4.78, 5) is 14.0. The number of aromatic amines is 1. The quantitative estimate of drug-likeness (QED) is 0.823. The Hall–Kier alpha value is -1.36. The van der Waals surface area contributed by atoms with Gasteiger partial charge in [0.25, 0.3) is 5.91 Å². The van der Waals surface area contributed by atoms with Crippen LogP contribution in [0.4, 0.5) is 0 Å². The molecule has 0 radical (unpaired) electrons. The maximum Gasteiger partial charge on any atom is 0.257 e. The van der Waals surface area contributed by atoms with E-state index in [-0.39, 0.29) is 5.91 Å². The second-order valence-electron chi connectivity index (χ2n) is 4.70. The van der Waals surface area contributed by atoms with Crippen LogP contribution in [-0.4, -0.2) is 47.2 Å². The molecular weight excluding hydrogens is 216 g/mol. The van der Waals surface area contributed by atoms with Gasteiger partial charge in [0.1, 0.15) is 0 Å². The highest BCUT2D eigenvalue weighted by atomic mass is 16.2. The summed E-state index contributed by atoms with van der Waals surface area (Å²) in [6, 6.07) is 0.977. The highest BCUT2D eigenvalue weighted by Gasteiger charge is 2.26. The van der Waals surface area contributed by atoms with E-state index in [1.807, 2.05) is 19.0 Å². The van der Waals surface area contributed by atoms with Crippen molar-refractivity contribution in [2.75, 3.05) is 14.1 Å². The third-order valence-corrected chi connectivity index (χ3v) is 3.72. The molecule has 1 heterocycles. The van der Waals surface area contributed by atoms with Crippen LogP contribution in [0.15, 0.2) is 12.4 Å². The van der Waals surface area contributed by atoms with Crippen molar-refractivity contribution in [3.63, 3.8) is 0 Å². The highest BCUT2D eigenvalue weighted by Crippen LogP contribution is 2.23. The smallest absolute Gasteiger partial charge is 0.257 e. The minimum atomic E-state index is 0.0617. The van der Waals surface area contributed by atoms with Crippen LogP contribution in [-0.2, 0) is 0 Å². The lowest BCUT2D eigenvalue weighted by Crippen LogP contribution is -2.42. The number of carbonyl (C=O) groups is 1. The molecule has 0 aromatic carbocycles. The Labute approximate surface area is 102 Å². The topological polar surface area (TPSA) is 61.0 Å². The molecule has 0 atom stereocenters. The van der Waals surface area contributed by atoms with Gasteiger partial charge in [0.05, 0.1) is 11.8 Å². The molecular formula is C12H20N4O. The molecule has 1 aliphatic carbocycles. The van der Waals surface area contributed by atoms with E-state index in [4.69, 9.17) is 0 Å². The summed E-state index contributed by atoms with van der Waals surface area (Å²) in [6.45, 7) is 0. The van der Waals surface area contributed by atoms with Crippen LogP contribution in [0.3, 0.4) is 0 Å². The number of aromatic nitrogens is 2. The Kier molecular flexibility index (Phi) is 3.78. The molecule has 17 heavy (non-hydrogen) atoms. The molecule has 0 aliphatic heterocycles. The minimum absolute atomic E-state index is 0.0617. The average molecular weight is 236 g/mol. The summed E-state index contributed by atoms with van der Waals surface area (Å²) in [5, 5.41) is 9.79. The van der Waals surface area contributed by atoms with Crippen LogP contribution < -0.4 is 5.32 Å². The molecule has 5 heteroatoms. The van der Waals surface area contributed by atoms with Crippen molar-refractivity contribution < 1.29 is 4.79 Å². The Morgan fingerprint density at radius 3 is 2.71 bits per heavy atom.